The molecule has 0 amide bonds. The van der Waals surface area contributed by atoms with Gasteiger partial charge in [0, 0.05) is 24.3 Å². The molecule has 0 atom stereocenters. The van der Waals surface area contributed by atoms with Gasteiger partial charge in [0.05, 0.1) is 0 Å². The minimum Gasteiger partial charge on any atom is -0.371 e. The average Bonchev–Trinajstić information content (AvgIpc) is 3.23. The maximum Gasteiger partial charge on any atom is 0.150 e. The largest absolute Gasteiger partial charge is 0.371 e. The van der Waals surface area contributed by atoms with Gasteiger partial charge in [0.1, 0.15) is 6.29 Å². The highest BCUT2D eigenvalue weighted by Crippen LogP contribution is 2.35. The molecule has 0 heterocycles. The first kappa shape index (κ1) is 10.8. The lowest BCUT2D eigenvalue weighted by Gasteiger charge is -2.25. The number of benzene rings is 1. The van der Waals surface area contributed by atoms with Crippen LogP contribution >= 0.6 is 0 Å². The van der Waals surface area contributed by atoms with E-state index in [4.69, 9.17) is 0 Å². The summed E-state index contributed by atoms with van der Waals surface area (Å²) < 4.78 is 0. The van der Waals surface area contributed by atoms with Gasteiger partial charge in [-0.2, -0.15) is 0 Å². The van der Waals surface area contributed by atoms with Crippen molar-refractivity contribution in [2.24, 2.45) is 11.8 Å². The third-order valence-electron chi connectivity index (χ3n) is 3.75. The molecule has 2 aliphatic rings. The Kier molecular flexibility index (Phi) is 2.87. The number of hydrogen-bond acceptors (Lipinski definition) is 2. The lowest BCUT2D eigenvalue weighted by Crippen LogP contribution is -2.27. The normalized spacial score (nSPS) is 19.1. The highest BCUT2D eigenvalue weighted by Gasteiger charge is 2.29. The minimum atomic E-state index is 0.770. The fourth-order valence-corrected chi connectivity index (χ4v) is 2.27. The number of rotatable bonds is 6. The lowest BCUT2D eigenvalue weighted by atomic mass is 10.2. The number of anilines is 1. The molecule has 0 aromatic heterocycles. The molecule has 2 fully saturated rings. The molecule has 0 unspecified atom stereocenters. The molecule has 0 radical (unpaired) electrons. The van der Waals surface area contributed by atoms with Crippen LogP contribution in [0.5, 0.6) is 0 Å². The second-order valence-electron chi connectivity index (χ2n) is 5.50. The predicted octanol–water partition coefficient (Wildman–Crippen LogP) is 3.13. The third-order valence-corrected chi connectivity index (χ3v) is 3.75. The van der Waals surface area contributed by atoms with Crippen molar-refractivity contribution in [1.82, 2.24) is 0 Å². The van der Waals surface area contributed by atoms with E-state index in [9.17, 15) is 4.79 Å². The highest BCUT2D eigenvalue weighted by molar-refractivity contribution is 5.75. The standard InChI is InChI=1S/C15H19NO/c17-11-14-5-7-15(8-6-14)16(9-12-1-2-12)10-13-3-4-13/h5-8,11-13H,1-4,9-10H2. The van der Waals surface area contributed by atoms with Crippen molar-refractivity contribution < 1.29 is 4.79 Å². The van der Waals surface area contributed by atoms with Gasteiger partial charge in [0.2, 0.25) is 0 Å². The zero-order chi connectivity index (χ0) is 11.7. The molecule has 0 aliphatic heterocycles. The molecular weight excluding hydrogens is 210 g/mol. The monoisotopic (exact) mass is 229 g/mol. The van der Waals surface area contributed by atoms with E-state index in [1.165, 1.54) is 44.5 Å². The topological polar surface area (TPSA) is 20.3 Å². The van der Waals surface area contributed by atoms with E-state index in [0.717, 1.165) is 23.7 Å². The van der Waals surface area contributed by atoms with Crippen molar-refractivity contribution >= 4 is 12.0 Å². The van der Waals surface area contributed by atoms with Gasteiger partial charge in [-0.25, -0.2) is 0 Å². The van der Waals surface area contributed by atoms with Crippen molar-refractivity contribution in [1.29, 1.82) is 0 Å². The number of hydrogen-bond donors (Lipinski definition) is 0. The number of carbonyl (C=O) groups excluding carboxylic acids is 1. The summed E-state index contributed by atoms with van der Waals surface area (Å²) in [6, 6.07) is 8.03. The Morgan fingerprint density at radius 3 is 1.94 bits per heavy atom. The van der Waals surface area contributed by atoms with Crippen LogP contribution in [0.3, 0.4) is 0 Å². The van der Waals surface area contributed by atoms with Crippen molar-refractivity contribution in [3.05, 3.63) is 29.8 Å². The second kappa shape index (κ2) is 4.52. The van der Waals surface area contributed by atoms with E-state index >= 15 is 0 Å². The Hall–Kier alpha value is -1.31. The third kappa shape index (κ3) is 2.87. The van der Waals surface area contributed by atoms with Crippen LogP contribution in [0.1, 0.15) is 36.0 Å². The second-order valence-corrected chi connectivity index (χ2v) is 5.50. The van der Waals surface area contributed by atoms with Gasteiger partial charge in [-0.3, -0.25) is 4.79 Å². The fraction of sp³-hybridized carbons (Fsp3) is 0.533. The predicted molar refractivity (Wildman–Crippen MR) is 69.5 cm³/mol. The molecule has 2 aliphatic carbocycles. The summed E-state index contributed by atoms with van der Waals surface area (Å²) >= 11 is 0. The SMILES string of the molecule is O=Cc1ccc(N(CC2CC2)CC2CC2)cc1. The van der Waals surface area contributed by atoms with Crippen LogP contribution in [0.2, 0.25) is 0 Å². The first-order valence-corrected chi connectivity index (χ1v) is 6.65. The number of nitrogens with zero attached hydrogens (tertiary/aromatic N) is 1. The molecular formula is C15H19NO. The summed E-state index contributed by atoms with van der Waals surface area (Å²) in [6.45, 7) is 2.41. The molecule has 0 bridgehead atoms. The van der Waals surface area contributed by atoms with Crippen LogP contribution < -0.4 is 4.90 Å². The Morgan fingerprint density at radius 1 is 1.00 bits per heavy atom. The molecule has 0 saturated heterocycles. The van der Waals surface area contributed by atoms with E-state index in [1.54, 1.807) is 0 Å². The van der Waals surface area contributed by atoms with Gasteiger partial charge in [-0.05, 0) is 61.8 Å². The molecule has 1 aromatic carbocycles. The van der Waals surface area contributed by atoms with Crippen LogP contribution in [0.4, 0.5) is 5.69 Å². The van der Waals surface area contributed by atoms with Gasteiger partial charge in [-0.1, -0.05) is 0 Å². The molecule has 1 aromatic rings. The number of aldehydes is 1. The van der Waals surface area contributed by atoms with Gasteiger partial charge >= 0.3 is 0 Å². The van der Waals surface area contributed by atoms with E-state index in [-0.39, 0.29) is 0 Å². The summed E-state index contributed by atoms with van der Waals surface area (Å²) in [6.07, 6.45) is 6.50. The molecule has 0 N–H and O–H groups in total. The minimum absolute atomic E-state index is 0.770. The smallest absolute Gasteiger partial charge is 0.150 e. The van der Waals surface area contributed by atoms with E-state index in [1.807, 2.05) is 12.1 Å². The highest BCUT2D eigenvalue weighted by atomic mass is 16.1. The Balaban J connectivity index is 1.71. The maximum absolute atomic E-state index is 10.6. The molecule has 2 heteroatoms. The van der Waals surface area contributed by atoms with Crippen LogP contribution in [0.25, 0.3) is 0 Å². The zero-order valence-corrected chi connectivity index (χ0v) is 10.1. The first-order valence-electron chi connectivity index (χ1n) is 6.65. The number of carbonyl (C=O) groups is 1. The van der Waals surface area contributed by atoms with Gasteiger partial charge in [0.25, 0.3) is 0 Å². The van der Waals surface area contributed by atoms with Crippen LogP contribution in [0, 0.1) is 11.8 Å². The quantitative estimate of drug-likeness (QED) is 0.698. The summed E-state index contributed by atoms with van der Waals surface area (Å²) in [5.74, 6) is 1.83. The zero-order valence-electron chi connectivity index (χ0n) is 10.1. The Morgan fingerprint density at radius 2 is 1.53 bits per heavy atom. The first-order chi connectivity index (χ1) is 8.35. The summed E-state index contributed by atoms with van der Waals surface area (Å²) in [4.78, 5) is 13.2. The summed E-state index contributed by atoms with van der Waals surface area (Å²) in [5, 5.41) is 0. The molecule has 2 nitrogen and oxygen atoms in total. The maximum atomic E-state index is 10.6. The van der Waals surface area contributed by atoms with Crippen LogP contribution in [0.15, 0.2) is 24.3 Å². The molecule has 17 heavy (non-hydrogen) atoms. The van der Waals surface area contributed by atoms with E-state index in [0.29, 0.717) is 0 Å². The molecule has 90 valence electrons. The average molecular weight is 229 g/mol. The van der Waals surface area contributed by atoms with E-state index in [2.05, 4.69) is 17.0 Å². The van der Waals surface area contributed by atoms with Crippen LogP contribution in [-0.4, -0.2) is 19.4 Å². The molecule has 3 rings (SSSR count). The van der Waals surface area contributed by atoms with Crippen molar-refractivity contribution in [2.45, 2.75) is 25.7 Å². The summed E-state index contributed by atoms with van der Waals surface area (Å²) in [7, 11) is 0. The summed E-state index contributed by atoms with van der Waals surface area (Å²) in [5.41, 5.74) is 2.06. The van der Waals surface area contributed by atoms with Gasteiger partial charge in [0.15, 0.2) is 0 Å². The van der Waals surface area contributed by atoms with Gasteiger partial charge < -0.3 is 4.90 Å². The van der Waals surface area contributed by atoms with Crippen molar-refractivity contribution in [3.63, 3.8) is 0 Å². The lowest BCUT2D eigenvalue weighted by molar-refractivity contribution is 0.112. The van der Waals surface area contributed by atoms with Crippen molar-refractivity contribution in [3.8, 4) is 0 Å². The Bertz CT molecular complexity index is 376. The fourth-order valence-electron chi connectivity index (χ4n) is 2.27. The van der Waals surface area contributed by atoms with Crippen LogP contribution in [-0.2, 0) is 0 Å². The van der Waals surface area contributed by atoms with E-state index < -0.39 is 0 Å². The van der Waals surface area contributed by atoms with Crippen molar-refractivity contribution in [2.75, 3.05) is 18.0 Å². The Labute approximate surface area is 103 Å². The van der Waals surface area contributed by atoms with Gasteiger partial charge in [-0.15, -0.1) is 0 Å². The molecule has 0 spiro atoms. The molecule has 2 saturated carbocycles.